The standard InChI is InChI=1S/C20H34O3/c1-5-20(14-22)12-8-16-18(3)10-6-9-17(2,13-21)15(18)7-11-19(16,4)23-20/h5,15-16,21-22H,1,6-14H2,2-4H3. The highest BCUT2D eigenvalue weighted by Gasteiger charge is 2.62. The van der Waals surface area contributed by atoms with Gasteiger partial charge in [-0.2, -0.15) is 0 Å². The van der Waals surface area contributed by atoms with Gasteiger partial charge in [0.25, 0.3) is 0 Å². The van der Waals surface area contributed by atoms with Gasteiger partial charge in [-0.25, -0.2) is 0 Å². The van der Waals surface area contributed by atoms with Gasteiger partial charge in [0.15, 0.2) is 0 Å². The SMILES string of the molecule is C=CC1(CO)CCC2C(C)(CCC3C(C)(CO)CCCC32C)O1. The maximum atomic E-state index is 10.0. The van der Waals surface area contributed by atoms with Crippen LogP contribution in [0.25, 0.3) is 0 Å². The fraction of sp³-hybridized carbons (Fsp3) is 0.900. The summed E-state index contributed by atoms with van der Waals surface area (Å²) in [6, 6.07) is 0. The average molecular weight is 322 g/mol. The van der Waals surface area contributed by atoms with E-state index in [0.717, 1.165) is 32.1 Å². The van der Waals surface area contributed by atoms with Crippen LogP contribution in [-0.4, -0.2) is 34.6 Å². The lowest BCUT2D eigenvalue weighted by Crippen LogP contribution is -2.64. The Morgan fingerprint density at radius 1 is 1.00 bits per heavy atom. The molecule has 6 unspecified atom stereocenters. The van der Waals surface area contributed by atoms with E-state index in [-0.39, 0.29) is 23.0 Å². The van der Waals surface area contributed by atoms with Crippen LogP contribution in [0.5, 0.6) is 0 Å². The third-order valence-corrected chi connectivity index (χ3v) is 7.86. The van der Waals surface area contributed by atoms with Crippen molar-refractivity contribution >= 4 is 0 Å². The number of fused-ring (bicyclic) bond motifs is 3. The highest BCUT2D eigenvalue weighted by Crippen LogP contribution is 2.65. The predicted molar refractivity (Wildman–Crippen MR) is 92.1 cm³/mol. The predicted octanol–water partition coefficient (Wildman–Crippen LogP) is 3.69. The second kappa shape index (κ2) is 5.57. The molecule has 0 bridgehead atoms. The van der Waals surface area contributed by atoms with Gasteiger partial charge >= 0.3 is 0 Å². The van der Waals surface area contributed by atoms with Gasteiger partial charge in [-0.05, 0) is 68.1 Å². The quantitative estimate of drug-likeness (QED) is 0.779. The molecule has 6 atom stereocenters. The van der Waals surface area contributed by atoms with Gasteiger partial charge in [-0.3, -0.25) is 0 Å². The second-order valence-electron chi connectivity index (χ2n) is 9.20. The van der Waals surface area contributed by atoms with E-state index >= 15 is 0 Å². The summed E-state index contributed by atoms with van der Waals surface area (Å²) in [6.07, 6.45) is 9.44. The number of ether oxygens (including phenoxy) is 1. The van der Waals surface area contributed by atoms with Crippen LogP contribution in [0.2, 0.25) is 0 Å². The average Bonchev–Trinajstić information content (AvgIpc) is 2.53. The van der Waals surface area contributed by atoms with E-state index in [9.17, 15) is 10.2 Å². The number of hydrogen-bond acceptors (Lipinski definition) is 3. The molecule has 3 heteroatoms. The van der Waals surface area contributed by atoms with Crippen molar-refractivity contribution < 1.29 is 14.9 Å². The molecule has 0 aromatic rings. The summed E-state index contributed by atoms with van der Waals surface area (Å²) in [5.74, 6) is 1.07. The summed E-state index contributed by atoms with van der Waals surface area (Å²) < 4.78 is 6.55. The molecule has 3 fully saturated rings. The minimum absolute atomic E-state index is 0.0211. The van der Waals surface area contributed by atoms with Crippen molar-refractivity contribution in [2.75, 3.05) is 13.2 Å². The van der Waals surface area contributed by atoms with E-state index < -0.39 is 5.60 Å². The maximum absolute atomic E-state index is 10.0. The molecule has 2 saturated carbocycles. The van der Waals surface area contributed by atoms with Crippen LogP contribution < -0.4 is 0 Å². The Morgan fingerprint density at radius 2 is 1.70 bits per heavy atom. The Hall–Kier alpha value is -0.380. The lowest BCUT2D eigenvalue weighted by Gasteiger charge is -2.65. The zero-order valence-corrected chi connectivity index (χ0v) is 15.1. The fourth-order valence-corrected chi connectivity index (χ4v) is 6.59. The van der Waals surface area contributed by atoms with Gasteiger partial charge in [-0.15, -0.1) is 6.58 Å². The van der Waals surface area contributed by atoms with Crippen LogP contribution >= 0.6 is 0 Å². The molecule has 1 aliphatic heterocycles. The minimum Gasteiger partial charge on any atom is -0.396 e. The van der Waals surface area contributed by atoms with Gasteiger partial charge < -0.3 is 14.9 Å². The first-order valence-electron chi connectivity index (χ1n) is 9.33. The van der Waals surface area contributed by atoms with E-state index in [2.05, 4.69) is 27.4 Å². The Balaban J connectivity index is 1.94. The smallest absolute Gasteiger partial charge is 0.110 e. The van der Waals surface area contributed by atoms with E-state index in [4.69, 9.17) is 4.74 Å². The molecule has 3 rings (SSSR count). The van der Waals surface area contributed by atoms with Crippen LogP contribution in [0.1, 0.15) is 65.7 Å². The molecule has 3 nitrogen and oxygen atoms in total. The van der Waals surface area contributed by atoms with Gasteiger partial charge in [0, 0.05) is 6.61 Å². The Bertz CT molecular complexity index is 478. The molecule has 0 aromatic carbocycles. The first-order valence-corrected chi connectivity index (χ1v) is 9.33. The van der Waals surface area contributed by atoms with Crippen LogP contribution in [0.15, 0.2) is 12.7 Å². The molecule has 1 saturated heterocycles. The van der Waals surface area contributed by atoms with Crippen molar-refractivity contribution in [3.05, 3.63) is 12.7 Å². The van der Waals surface area contributed by atoms with E-state index in [1.54, 1.807) is 0 Å². The molecule has 3 aliphatic rings. The third-order valence-electron chi connectivity index (χ3n) is 7.86. The summed E-state index contributed by atoms with van der Waals surface area (Å²) >= 11 is 0. The molecule has 0 radical (unpaired) electrons. The topological polar surface area (TPSA) is 49.7 Å². The van der Waals surface area contributed by atoms with Crippen LogP contribution in [0.4, 0.5) is 0 Å². The van der Waals surface area contributed by atoms with E-state index in [1.165, 1.54) is 12.8 Å². The molecule has 2 N–H and O–H groups in total. The van der Waals surface area contributed by atoms with E-state index in [0.29, 0.717) is 18.4 Å². The first kappa shape index (κ1) is 17.4. The van der Waals surface area contributed by atoms with Crippen molar-refractivity contribution in [2.24, 2.45) is 22.7 Å². The molecule has 0 aromatic heterocycles. The largest absolute Gasteiger partial charge is 0.396 e. The molecule has 23 heavy (non-hydrogen) atoms. The third kappa shape index (κ3) is 2.42. The van der Waals surface area contributed by atoms with Crippen molar-refractivity contribution in [1.82, 2.24) is 0 Å². The van der Waals surface area contributed by atoms with Crippen molar-refractivity contribution in [3.8, 4) is 0 Å². The monoisotopic (exact) mass is 322 g/mol. The molecular formula is C20H34O3. The second-order valence-corrected chi connectivity index (χ2v) is 9.20. The number of aliphatic hydroxyl groups excluding tert-OH is 2. The van der Waals surface area contributed by atoms with Gasteiger partial charge in [0.05, 0.1) is 12.2 Å². The molecule has 0 amide bonds. The summed E-state index contributed by atoms with van der Waals surface area (Å²) in [4.78, 5) is 0. The Morgan fingerprint density at radius 3 is 2.30 bits per heavy atom. The lowest BCUT2D eigenvalue weighted by atomic mass is 9.44. The highest BCUT2D eigenvalue weighted by atomic mass is 16.5. The highest BCUT2D eigenvalue weighted by molar-refractivity contribution is 5.13. The molecule has 132 valence electrons. The summed E-state index contributed by atoms with van der Waals surface area (Å²) in [7, 11) is 0. The summed E-state index contributed by atoms with van der Waals surface area (Å²) in [5, 5.41) is 19.9. The van der Waals surface area contributed by atoms with Crippen LogP contribution in [0, 0.1) is 22.7 Å². The molecule has 2 aliphatic carbocycles. The number of rotatable bonds is 3. The Labute approximate surface area is 141 Å². The van der Waals surface area contributed by atoms with Crippen LogP contribution in [0.3, 0.4) is 0 Å². The van der Waals surface area contributed by atoms with E-state index in [1.807, 2.05) is 6.08 Å². The normalized spacial score (nSPS) is 53.3. The Kier molecular flexibility index (Phi) is 4.23. The van der Waals surface area contributed by atoms with Gasteiger partial charge in [0.1, 0.15) is 5.60 Å². The summed E-state index contributed by atoms with van der Waals surface area (Å²) in [6.45, 7) is 11.2. The van der Waals surface area contributed by atoms with Crippen molar-refractivity contribution in [1.29, 1.82) is 0 Å². The number of hydrogen-bond donors (Lipinski definition) is 2. The summed E-state index contributed by atoms with van der Waals surface area (Å²) in [5.41, 5.74) is -0.471. The van der Waals surface area contributed by atoms with Gasteiger partial charge in [0.2, 0.25) is 0 Å². The molecule has 0 spiro atoms. The van der Waals surface area contributed by atoms with Crippen LogP contribution in [-0.2, 0) is 4.74 Å². The van der Waals surface area contributed by atoms with Crippen molar-refractivity contribution in [2.45, 2.75) is 76.9 Å². The number of aliphatic hydroxyl groups is 2. The molecular weight excluding hydrogens is 288 g/mol. The maximum Gasteiger partial charge on any atom is 0.110 e. The van der Waals surface area contributed by atoms with Gasteiger partial charge in [-0.1, -0.05) is 26.3 Å². The first-order chi connectivity index (χ1) is 10.8. The minimum atomic E-state index is -0.566. The zero-order valence-electron chi connectivity index (χ0n) is 15.1. The molecule has 1 heterocycles. The zero-order chi connectivity index (χ0) is 16.9. The fourth-order valence-electron chi connectivity index (χ4n) is 6.59. The lowest BCUT2D eigenvalue weighted by molar-refractivity contribution is -0.266. The van der Waals surface area contributed by atoms with Crippen molar-refractivity contribution in [3.63, 3.8) is 0 Å².